The molecule has 0 unspecified atom stereocenters. The van der Waals surface area contributed by atoms with Crippen LogP contribution in [-0.4, -0.2) is 66.8 Å². The number of halogens is 4. The summed E-state index contributed by atoms with van der Waals surface area (Å²) in [6.07, 6.45) is 0.777. The molecule has 268 valence electrons. The average Bonchev–Trinajstić information content (AvgIpc) is 3.42. The highest BCUT2D eigenvalue weighted by Crippen LogP contribution is 2.49. The molecule has 1 saturated heterocycles. The number of phenolic OH excluding ortho intramolecular Hbond substituents is 1. The molecule has 0 atom stereocenters. The molecule has 1 fully saturated rings. The quantitative estimate of drug-likeness (QED) is 0.0535. The van der Waals surface area contributed by atoms with Crippen molar-refractivity contribution in [2.24, 2.45) is 0 Å². The summed E-state index contributed by atoms with van der Waals surface area (Å²) in [5.41, 5.74) is 1.29. The number of hydroxylamine groups is 2. The fourth-order valence-corrected chi connectivity index (χ4v) is 7.56. The lowest BCUT2D eigenvalue weighted by Gasteiger charge is -2.21. The number of allylic oxidation sites excluding steroid dienone is 1. The van der Waals surface area contributed by atoms with Gasteiger partial charge < -0.3 is 28.6 Å². The maximum absolute atomic E-state index is 13.8. The van der Waals surface area contributed by atoms with Gasteiger partial charge in [0.2, 0.25) is 5.43 Å². The number of benzene rings is 3. The Hall–Kier alpha value is -3.41. The molecule has 5 rings (SSSR count). The Kier molecular flexibility index (Phi) is 12.9. The summed E-state index contributed by atoms with van der Waals surface area (Å²) in [6, 6.07) is 7.77. The zero-order chi connectivity index (χ0) is 37.0. The molecule has 1 N–H and O–H groups in total. The number of Topliss-reactive ketones (excluding diaryl/α,β-unsaturated/α-hetero) is 1. The lowest BCUT2D eigenvalue weighted by molar-refractivity contribution is -0.172. The van der Waals surface area contributed by atoms with Crippen molar-refractivity contribution >= 4 is 98.3 Å². The fourth-order valence-electron chi connectivity index (χ4n) is 5.16. The molecule has 3 aliphatic rings. The van der Waals surface area contributed by atoms with E-state index in [1.54, 1.807) is 31.2 Å². The van der Waals surface area contributed by atoms with Crippen LogP contribution in [0, 0.1) is 0 Å². The van der Waals surface area contributed by atoms with Gasteiger partial charge in [-0.3, -0.25) is 19.2 Å². The number of phenols is 1. The van der Waals surface area contributed by atoms with Gasteiger partial charge in [0.05, 0.1) is 34.3 Å². The topological polar surface area (TPSA) is 159 Å². The van der Waals surface area contributed by atoms with E-state index >= 15 is 0 Å². The second-order valence-electron chi connectivity index (χ2n) is 11.3. The van der Waals surface area contributed by atoms with Crippen LogP contribution in [0.4, 0.5) is 0 Å². The number of carbonyl (C=O) groups is 4. The molecular formula is C35H29Br4NO11. The number of ether oxygens (including phenoxy) is 3. The molecule has 0 saturated carbocycles. The van der Waals surface area contributed by atoms with E-state index < -0.39 is 23.2 Å². The van der Waals surface area contributed by atoms with E-state index in [2.05, 4.69) is 70.3 Å². The SMILES string of the molecule is C=C(C)C(=O)CCCOCCOCCOc1ccc(-c2c3cc(Br)c(=O)c(Br)c-3oc3c(Br)c(O)c(Br)cc23)c(C(=O)ON2C(=O)CCC2=O)c1. The van der Waals surface area contributed by atoms with Crippen molar-refractivity contribution in [2.45, 2.75) is 32.6 Å². The van der Waals surface area contributed by atoms with Crippen LogP contribution in [0.2, 0.25) is 0 Å². The summed E-state index contributed by atoms with van der Waals surface area (Å²) in [7, 11) is 0. The highest BCUT2D eigenvalue weighted by molar-refractivity contribution is 9.11. The normalized spacial score (nSPS) is 13.0. The first-order valence-corrected chi connectivity index (χ1v) is 18.6. The molecule has 0 bridgehead atoms. The number of rotatable bonds is 15. The number of hydrogen-bond donors (Lipinski definition) is 1. The van der Waals surface area contributed by atoms with Gasteiger partial charge in [-0.2, -0.15) is 0 Å². The first-order chi connectivity index (χ1) is 24.3. The Morgan fingerprint density at radius 1 is 0.882 bits per heavy atom. The fraction of sp³-hybridized carbons (Fsp3) is 0.286. The molecule has 12 nitrogen and oxygen atoms in total. The summed E-state index contributed by atoms with van der Waals surface area (Å²) in [5, 5.41) is 11.6. The highest BCUT2D eigenvalue weighted by Gasteiger charge is 2.35. The van der Waals surface area contributed by atoms with Gasteiger partial charge in [0.15, 0.2) is 17.1 Å². The van der Waals surface area contributed by atoms with E-state index in [1.807, 2.05) is 0 Å². The second kappa shape index (κ2) is 16.9. The Bertz CT molecular complexity index is 2080. The maximum atomic E-state index is 13.8. The zero-order valence-electron chi connectivity index (χ0n) is 26.9. The first kappa shape index (κ1) is 38.8. The second-order valence-corrected chi connectivity index (χ2v) is 14.6. The van der Waals surface area contributed by atoms with E-state index in [1.165, 1.54) is 6.07 Å². The van der Waals surface area contributed by atoms with E-state index in [0.717, 1.165) is 0 Å². The van der Waals surface area contributed by atoms with E-state index in [-0.39, 0.29) is 79.2 Å². The minimum atomic E-state index is -1.02. The summed E-state index contributed by atoms with van der Waals surface area (Å²) in [5.74, 6) is -2.10. The predicted octanol–water partition coefficient (Wildman–Crippen LogP) is 7.88. The van der Waals surface area contributed by atoms with Crippen LogP contribution in [0.25, 0.3) is 33.4 Å². The number of carbonyl (C=O) groups excluding carboxylic acids is 4. The highest BCUT2D eigenvalue weighted by atomic mass is 79.9. The molecule has 51 heavy (non-hydrogen) atoms. The molecule has 2 amide bonds. The van der Waals surface area contributed by atoms with Gasteiger partial charge in [-0.15, -0.1) is 5.06 Å². The van der Waals surface area contributed by atoms with Crippen molar-refractivity contribution in [3.8, 4) is 33.9 Å². The van der Waals surface area contributed by atoms with Crippen molar-refractivity contribution in [3.05, 3.63) is 76.2 Å². The third kappa shape index (κ3) is 8.63. The first-order valence-electron chi connectivity index (χ1n) is 15.4. The minimum Gasteiger partial charge on any atom is -0.505 e. The van der Waals surface area contributed by atoms with Crippen LogP contribution in [0.1, 0.15) is 43.0 Å². The summed E-state index contributed by atoms with van der Waals surface area (Å²) >= 11 is 13.4. The Labute approximate surface area is 324 Å². The number of nitrogens with zero attached hydrogens (tertiary/aromatic N) is 1. The monoisotopic (exact) mass is 955 g/mol. The van der Waals surface area contributed by atoms with Crippen molar-refractivity contribution in [3.63, 3.8) is 0 Å². The van der Waals surface area contributed by atoms with Crippen LogP contribution in [0.5, 0.6) is 11.5 Å². The molecule has 0 spiro atoms. The Morgan fingerprint density at radius 2 is 1.55 bits per heavy atom. The third-order valence-corrected chi connectivity index (χ3v) is 10.4. The predicted molar refractivity (Wildman–Crippen MR) is 200 cm³/mol. The van der Waals surface area contributed by atoms with Crippen LogP contribution >= 0.6 is 63.7 Å². The number of hydrogen-bond acceptors (Lipinski definition) is 11. The Balaban J connectivity index is 1.45. The summed E-state index contributed by atoms with van der Waals surface area (Å²) < 4.78 is 23.9. The van der Waals surface area contributed by atoms with Gasteiger partial charge in [-0.25, -0.2) is 4.79 Å². The molecule has 16 heteroatoms. The van der Waals surface area contributed by atoms with E-state index in [0.29, 0.717) is 64.3 Å². The molecule has 2 aromatic rings. The molecule has 1 aliphatic carbocycles. The third-order valence-electron chi connectivity index (χ3n) is 7.72. The van der Waals surface area contributed by atoms with Crippen LogP contribution in [0.15, 0.2) is 69.6 Å². The molecule has 2 aliphatic heterocycles. The zero-order valence-corrected chi connectivity index (χ0v) is 33.3. The number of aromatic hydroxyl groups is 1. The minimum absolute atomic E-state index is 0.0101. The Morgan fingerprint density at radius 3 is 2.24 bits per heavy atom. The average molecular weight is 959 g/mol. The lowest BCUT2D eigenvalue weighted by atomic mass is 9.90. The van der Waals surface area contributed by atoms with Gasteiger partial charge >= 0.3 is 5.97 Å². The molecule has 0 radical (unpaired) electrons. The molecule has 0 aromatic heterocycles. The number of ketones is 1. The number of fused-ring (bicyclic) bond motifs is 2. The van der Waals surface area contributed by atoms with Gasteiger partial charge in [0.1, 0.15) is 27.1 Å². The maximum Gasteiger partial charge on any atom is 0.364 e. The summed E-state index contributed by atoms with van der Waals surface area (Å²) in [6.45, 7) is 6.64. The van der Waals surface area contributed by atoms with E-state index in [9.17, 15) is 29.1 Å². The number of amides is 2. The van der Waals surface area contributed by atoms with Crippen molar-refractivity contribution in [1.29, 1.82) is 0 Å². The smallest absolute Gasteiger partial charge is 0.364 e. The molecule has 2 aromatic carbocycles. The number of imide groups is 1. The standard InChI is InChI=1S/C35H29Br4NO11/c1-17(2)25(41)4-3-9-47-10-11-48-12-13-49-18-5-6-19(20(14-18)35(46)51-40-26(42)7-8-27(40)43)28-21-15-23(36)31(44)29(38)33(21)50-34-22(28)16-24(37)32(45)30(34)39/h5-6,14-16,44H,1,3-4,7-13H2,2H3. The van der Waals surface area contributed by atoms with Gasteiger partial charge in [0.25, 0.3) is 11.8 Å². The van der Waals surface area contributed by atoms with Gasteiger partial charge in [-0.05, 0) is 119 Å². The van der Waals surface area contributed by atoms with Gasteiger partial charge in [-0.1, -0.05) is 6.58 Å². The molecule has 2 heterocycles. The van der Waals surface area contributed by atoms with Crippen molar-refractivity contribution in [1.82, 2.24) is 5.06 Å². The van der Waals surface area contributed by atoms with E-state index in [4.69, 9.17) is 23.5 Å². The largest absolute Gasteiger partial charge is 0.505 e. The van der Waals surface area contributed by atoms with Crippen LogP contribution in [-0.2, 0) is 28.7 Å². The van der Waals surface area contributed by atoms with Crippen molar-refractivity contribution in [2.75, 3.05) is 33.0 Å². The molecular weight excluding hydrogens is 930 g/mol. The van der Waals surface area contributed by atoms with Crippen LogP contribution < -0.4 is 10.2 Å². The van der Waals surface area contributed by atoms with Crippen molar-refractivity contribution < 1.29 is 47.8 Å². The summed E-state index contributed by atoms with van der Waals surface area (Å²) in [4.78, 5) is 68.4. The lowest BCUT2D eigenvalue weighted by Crippen LogP contribution is -2.32. The van der Waals surface area contributed by atoms with Crippen LogP contribution in [0.3, 0.4) is 0 Å². The van der Waals surface area contributed by atoms with Gasteiger partial charge in [0, 0.05) is 42.4 Å².